The number of anilines is 1. The fourth-order valence-corrected chi connectivity index (χ4v) is 2.52. The Morgan fingerprint density at radius 2 is 1.80 bits per heavy atom. The molecule has 1 amide bonds. The number of benzene rings is 2. The van der Waals surface area contributed by atoms with Crippen LogP contribution in [0.2, 0.25) is 0 Å². The molecule has 0 spiro atoms. The summed E-state index contributed by atoms with van der Waals surface area (Å²) in [4.78, 5) is 35.7. The van der Waals surface area contributed by atoms with Crippen molar-refractivity contribution in [3.8, 4) is 11.5 Å². The minimum atomic E-state index is -0.733. The number of esters is 2. The zero-order valence-electron chi connectivity index (χ0n) is 16.8. The summed E-state index contributed by atoms with van der Waals surface area (Å²) in [6, 6.07) is 11.6. The third kappa shape index (κ3) is 6.37. The van der Waals surface area contributed by atoms with Crippen molar-refractivity contribution in [1.82, 2.24) is 0 Å². The monoisotopic (exact) mass is 413 g/mol. The van der Waals surface area contributed by atoms with Crippen LogP contribution < -0.4 is 14.8 Å². The highest BCUT2D eigenvalue weighted by Crippen LogP contribution is 2.28. The minimum Gasteiger partial charge on any atom is -0.493 e. The highest BCUT2D eigenvalue weighted by atomic mass is 16.6. The van der Waals surface area contributed by atoms with Gasteiger partial charge >= 0.3 is 11.9 Å². The normalized spacial score (nSPS) is 9.93. The van der Waals surface area contributed by atoms with Gasteiger partial charge in [-0.15, -0.1) is 6.58 Å². The molecule has 1 N–H and O–H groups in total. The number of hydrogen-bond donors (Lipinski definition) is 1. The molecule has 0 aliphatic rings. The van der Waals surface area contributed by atoms with Crippen LogP contribution in [0.15, 0.2) is 55.1 Å². The van der Waals surface area contributed by atoms with E-state index in [0.717, 1.165) is 5.56 Å². The lowest BCUT2D eigenvalue weighted by atomic mass is 10.1. The van der Waals surface area contributed by atoms with Crippen molar-refractivity contribution in [3.63, 3.8) is 0 Å². The molecule has 0 radical (unpaired) electrons. The van der Waals surface area contributed by atoms with Crippen molar-refractivity contribution in [1.29, 1.82) is 0 Å². The third-order valence-corrected chi connectivity index (χ3v) is 3.92. The average molecular weight is 413 g/mol. The van der Waals surface area contributed by atoms with Gasteiger partial charge in [-0.2, -0.15) is 0 Å². The molecule has 0 aliphatic heterocycles. The predicted octanol–water partition coefficient (Wildman–Crippen LogP) is 2.77. The van der Waals surface area contributed by atoms with Crippen molar-refractivity contribution in [2.75, 3.05) is 32.8 Å². The quantitative estimate of drug-likeness (QED) is 0.472. The number of methoxy groups -OCH3 is 2. The van der Waals surface area contributed by atoms with Gasteiger partial charge in [0.2, 0.25) is 0 Å². The van der Waals surface area contributed by atoms with Crippen LogP contribution in [0.5, 0.6) is 11.5 Å². The van der Waals surface area contributed by atoms with Crippen molar-refractivity contribution in [2.24, 2.45) is 0 Å². The van der Waals surface area contributed by atoms with Gasteiger partial charge in [0.05, 0.1) is 25.5 Å². The molecule has 0 saturated carbocycles. The van der Waals surface area contributed by atoms with E-state index in [1.807, 2.05) is 6.07 Å². The highest BCUT2D eigenvalue weighted by Gasteiger charge is 2.15. The van der Waals surface area contributed by atoms with E-state index in [1.54, 1.807) is 30.3 Å². The summed E-state index contributed by atoms with van der Waals surface area (Å²) in [6.07, 6.45) is 2.44. The lowest BCUT2D eigenvalue weighted by Crippen LogP contribution is -2.24. The second-order valence-electron chi connectivity index (χ2n) is 6.01. The number of carbonyl (C=O) groups excluding carboxylic acids is 3. The van der Waals surface area contributed by atoms with Crippen LogP contribution in [0, 0.1) is 0 Å². The van der Waals surface area contributed by atoms with E-state index in [9.17, 15) is 14.4 Å². The van der Waals surface area contributed by atoms with Gasteiger partial charge < -0.3 is 24.3 Å². The van der Waals surface area contributed by atoms with Gasteiger partial charge in [-0.25, -0.2) is 9.59 Å². The molecule has 158 valence electrons. The van der Waals surface area contributed by atoms with E-state index < -0.39 is 31.1 Å². The summed E-state index contributed by atoms with van der Waals surface area (Å²) >= 11 is 0. The molecule has 0 fully saturated rings. The van der Waals surface area contributed by atoms with Crippen LogP contribution >= 0.6 is 0 Å². The molecule has 8 nitrogen and oxygen atoms in total. The topological polar surface area (TPSA) is 100 Å². The number of hydrogen-bond acceptors (Lipinski definition) is 7. The van der Waals surface area contributed by atoms with Crippen LogP contribution in [0.25, 0.3) is 0 Å². The Kier molecular flexibility index (Phi) is 8.43. The Bertz CT molecular complexity index is 923. The van der Waals surface area contributed by atoms with Crippen molar-refractivity contribution >= 4 is 23.5 Å². The molecule has 0 aliphatic carbocycles. The zero-order chi connectivity index (χ0) is 21.9. The van der Waals surface area contributed by atoms with Crippen molar-refractivity contribution in [3.05, 3.63) is 66.2 Å². The number of para-hydroxylation sites is 1. The van der Waals surface area contributed by atoms with E-state index in [2.05, 4.69) is 16.6 Å². The zero-order valence-corrected chi connectivity index (χ0v) is 16.8. The number of amides is 1. The highest BCUT2D eigenvalue weighted by molar-refractivity contribution is 6.01. The maximum absolute atomic E-state index is 12.0. The Morgan fingerprint density at radius 1 is 1.03 bits per heavy atom. The molecular weight excluding hydrogens is 390 g/mol. The number of ether oxygens (including phenoxy) is 4. The van der Waals surface area contributed by atoms with E-state index in [1.165, 1.54) is 26.4 Å². The Morgan fingerprint density at radius 3 is 2.50 bits per heavy atom. The van der Waals surface area contributed by atoms with Gasteiger partial charge in [-0.05, 0) is 36.2 Å². The fraction of sp³-hybridized carbons (Fsp3) is 0.227. The van der Waals surface area contributed by atoms with Gasteiger partial charge in [-0.3, -0.25) is 4.79 Å². The van der Waals surface area contributed by atoms with Crippen LogP contribution in [-0.2, 0) is 25.5 Å². The van der Waals surface area contributed by atoms with Gasteiger partial charge in [0.15, 0.2) is 24.7 Å². The van der Waals surface area contributed by atoms with E-state index >= 15 is 0 Å². The standard InChI is InChI=1S/C22H23NO7/c1-4-7-15-10-11-18(19(12-15)27-2)29-14-21(25)30-13-20(24)23-17-9-6-5-8-16(17)22(26)28-3/h4-6,8-12H,1,7,13-14H2,2-3H3,(H,23,24). The second-order valence-corrected chi connectivity index (χ2v) is 6.01. The maximum atomic E-state index is 12.0. The molecule has 0 aromatic heterocycles. The molecule has 0 atom stereocenters. The average Bonchev–Trinajstić information content (AvgIpc) is 2.76. The summed E-state index contributed by atoms with van der Waals surface area (Å²) in [6.45, 7) is 2.75. The SMILES string of the molecule is C=CCc1ccc(OCC(=O)OCC(=O)Nc2ccccc2C(=O)OC)c(OC)c1. The molecule has 0 bridgehead atoms. The van der Waals surface area contributed by atoms with Crippen LogP contribution in [0.4, 0.5) is 5.69 Å². The number of carbonyl (C=O) groups is 3. The first-order valence-electron chi connectivity index (χ1n) is 9.02. The summed E-state index contributed by atoms with van der Waals surface area (Å²) in [5.74, 6) is -1.09. The predicted molar refractivity (Wildman–Crippen MR) is 110 cm³/mol. The number of nitrogens with one attached hydrogen (secondary N) is 1. The molecule has 2 aromatic carbocycles. The molecule has 30 heavy (non-hydrogen) atoms. The number of allylic oxidation sites excluding steroid dienone is 1. The molecule has 0 saturated heterocycles. The smallest absolute Gasteiger partial charge is 0.344 e. The first-order chi connectivity index (χ1) is 14.5. The molecule has 8 heteroatoms. The van der Waals surface area contributed by atoms with Crippen LogP contribution in [0.3, 0.4) is 0 Å². The molecule has 2 aromatic rings. The summed E-state index contributed by atoms with van der Waals surface area (Å²) in [5.41, 5.74) is 1.43. The molecular formula is C22H23NO7. The Labute approximate surface area is 174 Å². The first kappa shape index (κ1) is 22.5. The Balaban J connectivity index is 1.86. The van der Waals surface area contributed by atoms with Crippen LogP contribution in [0.1, 0.15) is 15.9 Å². The van der Waals surface area contributed by atoms with Crippen LogP contribution in [-0.4, -0.2) is 45.3 Å². The second kappa shape index (κ2) is 11.3. The van der Waals surface area contributed by atoms with Crippen molar-refractivity contribution < 1.29 is 33.3 Å². The van der Waals surface area contributed by atoms with Gasteiger partial charge in [0, 0.05) is 0 Å². The molecule has 0 heterocycles. The maximum Gasteiger partial charge on any atom is 0.344 e. The third-order valence-electron chi connectivity index (χ3n) is 3.92. The van der Waals surface area contributed by atoms with Gasteiger partial charge in [0.1, 0.15) is 0 Å². The van der Waals surface area contributed by atoms with Crippen molar-refractivity contribution in [2.45, 2.75) is 6.42 Å². The summed E-state index contributed by atoms with van der Waals surface area (Å²) in [7, 11) is 2.74. The van der Waals surface area contributed by atoms with E-state index in [-0.39, 0.29) is 11.3 Å². The van der Waals surface area contributed by atoms with Gasteiger partial charge in [-0.1, -0.05) is 24.3 Å². The lowest BCUT2D eigenvalue weighted by molar-refractivity contribution is -0.149. The number of rotatable bonds is 10. The molecule has 0 unspecified atom stereocenters. The van der Waals surface area contributed by atoms with Gasteiger partial charge in [0.25, 0.3) is 5.91 Å². The summed E-state index contributed by atoms with van der Waals surface area (Å²) < 4.78 is 20.3. The molecule has 2 rings (SSSR count). The fourth-order valence-electron chi connectivity index (χ4n) is 2.52. The Hall–Kier alpha value is -3.81. The largest absolute Gasteiger partial charge is 0.493 e. The first-order valence-corrected chi connectivity index (χ1v) is 9.02. The van der Waals surface area contributed by atoms with E-state index in [0.29, 0.717) is 17.9 Å². The van der Waals surface area contributed by atoms with E-state index in [4.69, 9.17) is 14.2 Å². The minimum absolute atomic E-state index is 0.190. The lowest BCUT2D eigenvalue weighted by Gasteiger charge is -2.12. The summed E-state index contributed by atoms with van der Waals surface area (Å²) in [5, 5.41) is 2.51.